The van der Waals surface area contributed by atoms with Crippen molar-refractivity contribution in [2.24, 2.45) is 0 Å². The molecule has 0 heterocycles. The Morgan fingerprint density at radius 3 is 2.27 bits per heavy atom. The van der Waals surface area contributed by atoms with E-state index >= 15 is 0 Å². The molecular weight excluding hydrogens is 218 g/mol. The number of phosphoric ester groups is 1. The van der Waals surface area contributed by atoms with E-state index < -0.39 is 7.82 Å². The fourth-order valence-electron chi connectivity index (χ4n) is 0.390. The molecule has 0 rings (SSSR count). The Morgan fingerprint density at radius 2 is 1.91 bits per heavy atom. The Balaban J connectivity index is 0. The normalized spacial score (nSPS) is 10.8. The maximum atomic E-state index is 9.78. The number of unbranched alkanes of at least 4 members (excludes halogenated alkanes) is 1. The van der Waals surface area contributed by atoms with Crippen LogP contribution >= 0.6 is 7.82 Å². The van der Waals surface area contributed by atoms with Crippen LogP contribution < -0.4 is 9.79 Å². The van der Waals surface area contributed by atoms with E-state index in [1.54, 1.807) is 0 Å². The average molecular weight is 227 g/mol. The summed E-state index contributed by atoms with van der Waals surface area (Å²) in [5, 5.41) is 8.21. The summed E-state index contributed by atoms with van der Waals surface area (Å²) < 4.78 is 13.6. The van der Waals surface area contributed by atoms with Crippen LogP contribution in [-0.4, -0.2) is 18.3 Å². The first-order valence-corrected chi connectivity index (χ1v) is 4.30. The molecule has 0 aromatic rings. The van der Waals surface area contributed by atoms with E-state index in [9.17, 15) is 14.4 Å². The van der Waals surface area contributed by atoms with Crippen LogP contribution in [0.3, 0.4) is 0 Å². The van der Waals surface area contributed by atoms with Crippen LogP contribution in [-0.2, 0) is 25.9 Å². The van der Waals surface area contributed by atoms with Crippen LogP contribution in [0.1, 0.15) is 12.8 Å². The number of aliphatic hydroxyl groups excluding tert-OH is 1. The fourth-order valence-corrected chi connectivity index (χ4v) is 0.743. The van der Waals surface area contributed by atoms with Gasteiger partial charge in [-0.25, -0.2) is 0 Å². The quantitative estimate of drug-likeness (QED) is 0.460. The third-order valence-corrected chi connectivity index (χ3v) is 1.30. The Hall–Kier alpha value is 0.576. The SMILES string of the molecule is O=P([O-])([O-])OCCCCO.[Co+2]. The predicted molar refractivity (Wildman–Crippen MR) is 29.9 cm³/mol. The van der Waals surface area contributed by atoms with Crippen molar-refractivity contribution in [1.29, 1.82) is 0 Å². The molecule has 0 fully saturated rings. The predicted octanol–water partition coefficient (Wildman–Crippen LogP) is -1.40. The summed E-state index contributed by atoms with van der Waals surface area (Å²) in [6, 6.07) is 0. The van der Waals surface area contributed by atoms with E-state index in [-0.39, 0.29) is 30.0 Å². The Bertz CT molecular complexity index is 124. The summed E-state index contributed by atoms with van der Waals surface area (Å²) in [4.78, 5) is 19.6. The molecule has 0 bridgehead atoms. The van der Waals surface area contributed by atoms with Gasteiger partial charge in [0.2, 0.25) is 0 Å². The van der Waals surface area contributed by atoms with Crippen molar-refractivity contribution in [2.45, 2.75) is 12.8 Å². The van der Waals surface area contributed by atoms with Gasteiger partial charge >= 0.3 is 16.8 Å². The molecule has 69 valence electrons. The fraction of sp³-hybridized carbons (Fsp3) is 1.00. The van der Waals surface area contributed by atoms with Crippen LogP contribution in [0.2, 0.25) is 0 Å². The summed E-state index contributed by atoms with van der Waals surface area (Å²) in [7, 11) is -4.79. The van der Waals surface area contributed by atoms with Crippen molar-refractivity contribution in [3.05, 3.63) is 0 Å². The average Bonchev–Trinajstić information content (AvgIpc) is 1.78. The van der Waals surface area contributed by atoms with Crippen LogP contribution in [0.15, 0.2) is 0 Å². The van der Waals surface area contributed by atoms with E-state index in [1.165, 1.54) is 0 Å². The maximum absolute atomic E-state index is 9.78. The van der Waals surface area contributed by atoms with Crippen molar-refractivity contribution >= 4 is 7.82 Å². The van der Waals surface area contributed by atoms with Crippen molar-refractivity contribution in [3.63, 3.8) is 0 Å². The molecule has 1 radical (unpaired) electrons. The van der Waals surface area contributed by atoms with Crippen molar-refractivity contribution < 1.29 is 40.8 Å². The van der Waals surface area contributed by atoms with E-state index in [0.717, 1.165) is 0 Å². The summed E-state index contributed by atoms with van der Waals surface area (Å²) in [6.45, 7) is -0.157. The largest absolute Gasteiger partial charge is 2.00 e. The molecule has 0 amide bonds. The molecule has 0 aliphatic rings. The molecule has 0 aromatic carbocycles. The van der Waals surface area contributed by atoms with Gasteiger partial charge in [0.25, 0.3) is 0 Å². The van der Waals surface area contributed by atoms with E-state index in [1.807, 2.05) is 0 Å². The van der Waals surface area contributed by atoms with E-state index in [2.05, 4.69) is 4.52 Å². The zero-order chi connectivity index (χ0) is 8.04. The van der Waals surface area contributed by atoms with Gasteiger partial charge in [0.1, 0.15) is 0 Å². The van der Waals surface area contributed by atoms with Gasteiger partial charge in [-0.05, 0) is 12.8 Å². The first-order chi connectivity index (χ1) is 4.56. The van der Waals surface area contributed by atoms with Crippen LogP contribution in [0.5, 0.6) is 0 Å². The molecule has 0 aliphatic heterocycles. The second-order valence-electron chi connectivity index (χ2n) is 1.71. The second kappa shape index (κ2) is 7.24. The zero-order valence-electron chi connectivity index (χ0n) is 5.69. The number of aliphatic hydroxyl groups is 1. The van der Waals surface area contributed by atoms with Gasteiger partial charge in [-0.1, -0.05) is 0 Å². The molecule has 7 heteroatoms. The van der Waals surface area contributed by atoms with Gasteiger partial charge in [-0.2, -0.15) is 0 Å². The zero-order valence-corrected chi connectivity index (χ0v) is 7.62. The van der Waals surface area contributed by atoms with Crippen LogP contribution in [0.4, 0.5) is 0 Å². The molecule has 0 saturated carbocycles. The Morgan fingerprint density at radius 1 is 1.36 bits per heavy atom. The van der Waals surface area contributed by atoms with Crippen LogP contribution in [0.25, 0.3) is 0 Å². The van der Waals surface area contributed by atoms with Crippen molar-refractivity contribution in [1.82, 2.24) is 0 Å². The molecule has 0 saturated heterocycles. The first kappa shape index (κ1) is 14.1. The smallest absolute Gasteiger partial charge is 0.790 e. The molecule has 0 atom stereocenters. The molecule has 0 aliphatic carbocycles. The third kappa shape index (κ3) is 13.6. The number of phosphoric acid groups is 1. The third-order valence-electron chi connectivity index (χ3n) is 0.802. The van der Waals surface area contributed by atoms with Gasteiger partial charge in [-0.3, -0.25) is 0 Å². The standard InChI is InChI=1S/C4H11O5P.Co/c5-3-1-2-4-9-10(6,7)8;/h5H,1-4H2,(H2,6,7,8);/q;+2/p-2. The summed E-state index contributed by atoms with van der Waals surface area (Å²) in [5.41, 5.74) is 0. The minimum Gasteiger partial charge on any atom is -0.790 e. The maximum Gasteiger partial charge on any atom is 2.00 e. The Labute approximate surface area is 75.2 Å². The second-order valence-corrected chi connectivity index (χ2v) is 2.86. The van der Waals surface area contributed by atoms with Gasteiger partial charge in [-0.15, -0.1) is 0 Å². The van der Waals surface area contributed by atoms with Gasteiger partial charge < -0.3 is 24.0 Å². The molecule has 11 heavy (non-hydrogen) atoms. The molecule has 5 nitrogen and oxygen atoms in total. The van der Waals surface area contributed by atoms with Gasteiger partial charge in [0, 0.05) is 6.61 Å². The summed E-state index contributed by atoms with van der Waals surface area (Å²) in [5.74, 6) is 0. The molecule has 0 aromatic heterocycles. The van der Waals surface area contributed by atoms with Crippen molar-refractivity contribution in [2.75, 3.05) is 13.2 Å². The molecular formula is C4H9CoO5P. The summed E-state index contributed by atoms with van der Waals surface area (Å²) >= 11 is 0. The molecule has 1 N–H and O–H groups in total. The monoisotopic (exact) mass is 227 g/mol. The number of rotatable bonds is 5. The van der Waals surface area contributed by atoms with E-state index in [4.69, 9.17) is 5.11 Å². The first-order valence-electron chi connectivity index (χ1n) is 2.84. The van der Waals surface area contributed by atoms with E-state index in [0.29, 0.717) is 12.8 Å². The molecule has 0 unspecified atom stereocenters. The number of hydrogen-bond acceptors (Lipinski definition) is 5. The minimum absolute atomic E-state index is 0. The minimum atomic E-state index is -4.79. The van der Waals surface area contributed by atoms with Crippen molar-refractivity contribution in [3.8, 4) is 0 Å². The number of hydrogen-bond donors (Lipinski definition) is 1. The van der Waals surface area contributed by atoms with Gasteiger partial charge in [0.05, 0.1) is 14.4 Å². The molecule has 0 spiro atoms. The Kier molecular flexibility index (Phi) is 9.29. The van der Waals surface area contributed by atoms with Gasteiger partial charge in [0.15, 0.2) is 0 Å². The van der Waals surface area contributed by atoms with Crippen LogP contribution in [0, 0.1) is 0 Å². The summed E-state index contributed by atoms with van der Waals surface area (Å²) in [6.07, 6.45) is 0.824. The topological polar surface area (TPSA) is 92.7 Å².